The van der Waals surface area contributed by atoms with Gasteiger partial charge in [0, 0.05) is 16.5 Å². The molecular formula is C14H10N2O3S. The molecule has 0 bridgehead atoms. The molecule has 0 aliphatic carbocycles. The molecule has 6 heteroatoms. The second kappa shape index (κ2) is 5.66. The van der Waals surface area contributed by atoms with Crippen LogP contribution in [0.4, 0.5) is 0 Å². The smallest absolute Gasteiger partial charge is 0.264 e. The van der Waals surface area contributed by atoms with Crippen LogP contribution in [-0.4, -0.2) is 16.4 Å². The summed E-state index contributed by atoms with van der Waals surface area (Å²) in [5.41, 5.74) is 1.49. The molecule has 0 fully saturated rings. The van der Waals surface area contributed by atoms with E-state index in [4.69, 9.17) is 9.26 Å². The monoisotopic (exact) mass is 286 g/mol. The summed E-state index contributed by atoms with van der Waals surface area (Å²) in [6, 6.07) is 8.81. The minimum atomic E-state index is 0.166. The van der Waals surface area contributed by atoms with Crippen LogP contribution in [0.2, 0.25) is 0 Å². The van der Waals surface area contributed by atoms with Gasteiger partial charge in [-0.1, -0.05) is 17.3 Å². The fourth-order valence-electron chi connectivity index (χ4n) is 1.65. The molecule has 2 aromatic heterocycles. The molecule has 1 aromatic carbocycles. The van der Waals surface area contributed by atoms with Gasteiger partial charge in [-0.2, -0.15) is 16.3 Å². The first-order valence-corrected chi connectivity index (χ1v) is 6.82. The van der Waals surface area contributed by atoms with Crippen LogP contribution in [0.25, 0.3) is 11.4 Å². The van der Waals surface area contributed by atoms with E-state index >= 15 is 0 Å². The maximum atomic E-state index is 10.7. The third kappa shape index (κ3) is 2.75. The van der Waals surface area contributed by atoms with Crippen molar-refractivity contribution in [3.63, 3.8) is 0 Å². The van der Waals surface area contributed by atoms with Gasteiger partial charge in [-0.25, -0.2) is 0 Å². The highest BCUT2D eigenvalue weighted by atomic mass is 32.1. The molecule has 0 N–H and O–H groups in total. The summed E-state index contributed by atoms with van der Waals surface area (Å²) < 4.78 is 10.6. The van der Waals surface area contributed by atoms with Crippen molar-refractivity contribution in [3.8, 4) is 17.1 Å². The van der Waals surface area contributed by atoms with E-state index in [1.54, 1.807) is 35.6 Å². The number of aldehydes is 1. The van der Waals surface area contributed by atoms with E-state index in [-0.39, 0.29) is 6.61 Å². The molecule has 0 atom stereocenters. The zero-order valence-electron chi connectivity index (χ0n) is 10.4. The number of carbonyl (C=O) groups excluding carboxylic acids is 1. The zero-order chi connectivity index (χ0) is 13.8. The minimum absolute atomic E-state index is 0.166. The normalized spacial score (nSPS) is 10.4. The lowest BCUT2D eigenvalue weighted by atomic mass is 10.2. The Balaban J connectivity index is 1.68. The largest absolute Gasteiger partial charge is 0.484 e. The highest BCUT2D eigenvalue weighted by Gasteiger charge is 2.09. The van der Waals surface area contributed by atoms with Crippen LogP contribution in [0, 0.1) is 0 Å². The number of carbonyl (C=O) groups is 1. The molecule has 2 heterocycles. The standard InChI is InChI=1S/C14H10N2O3S/c17-7-10-2-1-3-12(6-10)18-8-13-15-14(16-19-13)11-4-5-20-9-11/h1-7,9H,8H2. The molecule has 3 rings (SSSR count). The Bertz CT molecular complexity index is 707. The number of aromatic nitrogens is 2. The molecule has 0 aliphatic heterocycles. The maximum absolute atomic E-state index is 10.7. The van der Waals surface area contributed by atoms with Crippen LogP contribution >= 0.6 is 11.3 Å². The van der Waals surface area contributed by atoms with Crippen molar-refractivity contribution < 1.29 is 14.1 Å². The van der Waals surface area contributed by atoms with Crippen LogP contribution in [0.3, 0.4) is 0 Å². The first-order valence-electron chi connectivity index (χ1n) is 5.88. The van der Waals surface area contributed by atoms with E-state index < -0.39 is 0 Å². The van der Waals surface area contributed by atoms with Crippen molar-refractivity contribution in [1.29, 1.82) is 0 Å². The molecule has 0 saturated heterocycles. The van der Waals surface area contributed by atoms with Gasteiger partial charge < -0.3 is 9.26 Å². The van der Waals surface area contributed by atoms with Crippen molar-refractivity contribution in [2.24, 2.45) is 0 Å². The number of benzene rings is 1. The molecule has 0 radical (unpaired) electrons. The third-order valence-corrected chi connectivity index (χ3v) is 3.29. The lowest BCUT2D eigenvalue weighted by Gasteiger charge is -2.02. The molecule has 20 heavy (non-hydrogen) atoms. The topological polar surface area (TPSA) is 65.2 Å². The average molecular weight is 286 g/mol. The zero-order valence-corrected chi connectivity index (χ0v) is 11.2. The Labute approximate surface area is 118 Å². The number of nitrogens with zero attached hydrogens (tertiary/aromatic N) is 2. The fourth-order valence-corrected chi connectivity index (χ4v) is 2.28. The van der Waals surface area contributed by atoms with E-state index in [1.165, 1.54) is 0 Å². The Kier molecular flexibility index (Phi) is 3.56. The lowest BCUT2D eigenvalue weighted by molar-refractivity contribution is 0.112. The number of ether oxygens (including phenoxy) is 1. The minimum Gasteiger partial charge on any atom is -0.484 e. The van der Waals surface area contributed by atoms with Gasteiger partial charge in [-0.15, -0.1) is 0 Å². The summed E-state index contributed by atoms with van der Waals surface area (Å²) in [5, 5.41) is 7.79. The predicted octanol–water partition coefficient (Wildman–Crippen LogP) is 3.19. The van der Waals surface area contributed by atoms with Gasteiger partial charge >= 0.3 is 0 Å². The summed E-state index contributed by atoms with van der Waals surface area (Å²) in [6.07, 6.45) is 0.772. The van der Waals surface area contributed by atoms with E-state index in [0.29, 0.717) is 23.0 Å². The average Bonchev–Trinajstić information content (AvgIpc) is 3.16. The van der Waals surface area contributed by atoms with Gasteiger partial charge in [-0.3, -0.25) is 4.79 Å². The van der Waals surface area contributed by atoms with Crippen LogP contribution in [-0.2, 0) is 6.61 Å². The van der Waals surface area contributed by atoms with Crippen molar-refractivity contribution in [3.05, 3.63) is 52.5 Å². The maximum Gasteiger partial charge on any atom is 0.264 e. The van der Waals surface area contributed by atoms with Crippen LogP contribution < -0.4 is 4.74 Å². The van der Waals surface area contributed by atoms with E-state index in [0.717, 1.165) is 11.8 Å². The summed E-state index contributed by atoms with van der Waals surface area (Å²) in [4.78, 5) is 14.9. The van der Waals surface area contributed by atoms with Gasteiger partial charge in [-0.05, 0) is 23.6 Å². The SMILES string of the molecule is O=Cc1cccc(OCc2nc(-c3ccsc3)no2)c1. The summed E-state index contributed by atoms with van der Waals surface area (Å²) in [7, 11) is 0. The first-order chi connectivity index (χ1) is 9.85. The van der Waals surface area contributed by atoms with Gasteiger partial charge in [0.25, 0.3) is 5.89 Å². The number of hydrogen-bond acceptors (Lipinski definition) is 6. The van der Waals surface area contributed by atoms with Crippen LogP contribution in [0.5, 0.6) is 5.75 Å². The molecule has 5 nitrogen and oxygen atoms in total. The molecule has 0 spiro atoms. The summed E-state index contributed by atoms with van der Waals surface area (Å²) in [6.45, 7) is 0.166. The highest BCUT2D eigenvalue weighted by Crippen LogP contribution is 2.19. The number of hydrogen-bond donors (Lipinski definition) is 0. The van der Waals surface area contributed by atoms with E-state index in [2.05, 4.69) is 10.1 Å². The predicted molar refractivity (Wildman–Crippen MR) is 73.8 cm³/mol. The molecule has 0 saturated carbocycles. The van der Waals surface area contributed by atoms with Gasteiger partial charge in [0.1, 0.15) is 12.0 Å². The van der Waals surface area contributed by atoms with E-state index in [9.17, 15) is 4.79 Å². The summed E-state index contributed by atoms with van der Waals surface area (Å²) >= 11 is 1.57. The Morgan fingerprint density at radius 1 is 1.35 bits per heavy atom. The van der Waals surface area contributed by atoms with Gasteiger partial charge in [0.15, 0.2) is 6.61 Å². The number of rotatable bonds is 5. The Hall–Kier alpha value is -2.47. The quantitative estimate of drug-likeness (QED) is 0.674. The highest BCUT2D eigenvalue weighted by molar-refractivity contribution is 7.08. The second-order valence-electron chi connectivity index (χ2n) is 4.00. The van der Waals surface area contributed by atoms with E-state index in [1.807, 2.05) is 16.8 Å². The lowest BCUT2D eigenvalue weighted by Crippen LogP contribution is -1.96. The first kappa shape index (κ1) is 12.6. The van der Waals surface area contributed by atoms with Crippen molar-refractivity contribution in [2.75, 3.05) is 0 Å². The molecule has 100 valence electrons. The Morgan fingerprint density at radius 3 is 3.10 bits per heavy atom. The molecule has 0 amide bonds. The summed E-state index contributed by atoms with van der Waals surface area (Å²) in [5.74, 6) is 1.53. The molecule has 3 aromatic rings. The second-order valence-corrected chi connectivity index (χ2v) is 4.78. The van der Waals surface area contributed by atoms with Crippen LogP contribution in [0.1, 0.15) is 16.2 Å². The van der Waals surface area contributed by atoms with Gasteiger partial charge in [0.05, 0.1) is 0 Å². The molecule has 0 unspecified atom stereocenters. The van der Waals surface area contributed by atoms with Crippen molar-refractivity contribution in [2.45, 2.75) is 6.61 Å². The van der Waals surface area contributed by atoms with Gasteiger partial charge in [0.2, 0.25) is 5.82 Å². The molecule has 0 aliphatic rings. The fraction of sp³-hybridized carbons (Fsp3) is 0.0714. The van der Waals surface area contributed by atoms with Crippen molar-refractivity contribution >= 4 is 17.6 Å². The third-order valence-electron chi connectivity index (χ3n) is 2.60. The Morgan fingerprint density at radius 2 is 2.30 bits per heavy atom. The van der Waals surface area contributed by atoms with Crippen LogP contribution in [0.15, 0.2) is 45.6 Å². The number of thiophene rings is 1. The van der Waals surface area contributed by atoms with Crippen molar-refractivity contribution in [1.82, 2.24) is 10.1 Å². The molecular weight excluding hydrogens is 276 g/mol.